The number of benzene rings is 1. The highest BCUT2D eigenvalue weighted by Gasteiger charge is 2.28. The third-order valence-electron chi connectivity index (χ3n) is 3.89. The van der Waals surface area contributed by atoms with Crippen molar-refractivity contribution in [3.05, 3.63) is 35.9 Å². The van der Waals surface area contributed by atoms with Gasteiger partial charge in [0.1, 0.15) is 12.1 Å². The van der Waals surface area contributed by atoms with Crippen molar-refractivity contribution in [2.45, 2.75) is 38.8 Å². The molecule has 2 atom stereocenters. The van der Waals surface area contributed by atoms with Gasteiger partial charge in [-0.2, -0.15) is 11.8 Å². The fourth-order valence-corrected chi connectivity index (χ4v) is 2.90. The van der Waals surface area contributed by atoms with Gasteiger partial charge < -0.3 is 15.4 Å². The molecule has 0 aliphatic heterocycles. The molecule has 0 saturated heterocycles. The van der Waals surface area contributed by atoms with Crippen LogP contribution in [-0.4, -0.2) is 49.0 Å². The topological polar surface area (TPSA) is 84.5 Å². The quantitative estimate of drug-likeness (QED) is 0.605. The summed E-state index contributed by atoms with van der Waals surface area (Å²) in [5.74, 6) is -0.493. The van der Waals surface area contributed by atoms with E-state index in [4.69, 9.17) is 4.74 Å². The zero-order valence-electron chi connectivity index (χ0n) is 15.8. The molecule has 0 aromatic heterocycles. The second-order valence-corrected chi connectivity index (χ2v) is 7.30. The van der Waals surface area contributed by atoms with Gasteiger partial charge in [0.05, 0.1) is 13.5 Å². The summed E-state index contributed by atoms with van der Waals surface area (Å²) in [5.41, 5.74) is 0.875. The number of hydrogen-bond donors (Lipinski definition) is 2. The first-order valence-electron chi connectivity index (χ1n) is 8.59. The molecule has 0 aliphatic rings. The van der Waals surface area contributed by atoms with Crippen LogP contribution in [0.3, 0.4) is 0 Å². The molecular formula is C19H28N2O4S. The molecular weight excluding hydrogens is 352 g/mol. The molecule has 0 spiro atoms. The van der Waals surface area contributed by atoms with Gasteiger partial charge in [0, 0.05) is 0 Å². The number of thioether (sulfide) groups is 1. The molecule has 0 heterocycles. The van der Waals surface area contributed by atoms with E-state index in [9.17, 15) is 14.4 Å². The predicted molar refractivity (Wildman–Crippen MR) is 104 cm³/mol. The molecule has 0 aliphatic carbocycles. The molecule has 0 fully saturated rings. The molecule has 1 aromatic carbocycles. The number of hydrogen-bond acceptors (Lipinski definition) is 5. The van der Waals surface area contributed by atoms with E-state index in [0.717, 1.165) is 5.56 Å². The summed E-state index contributed by atoms with van der Waals surface area (Å²) in [6, 6.07) is 7.90. The Morgan fingerprint density at radius 1 is 1.12 bits per heavy atom. The van der Waals surface area contributed by atoms with Crippen molar-refractivity contribution in [3.8, 4) is 0 Å². The van der Waals surface area contributed by atoms with Crippen LogP contribution >= 0.6 is 11.8 Å². The third-order valence-corrected chi connectivity index (χ3v) is 4.53. The van der Waals surface area contributed by atoms with Gasteiger partial charge in [0.2, 0.25) is 11.8 Å². The average molecular weight is 381 g/mol. The first kappa shape index (κ1) is 22.0. The van der Waals surface area contributed by atoms with Crippen molar-refractivity contribution in [2.75, 3.05) is 19.1 Å². The van der Waals surface area contributed by atoms with Crippen LogP contribution in [0.1, 0.15) is 25.8 Å². The standard InChI is InChI=1S/C19H28N2O4S/c1-13(2)17(21-16(22)12-14-8-6-5-7-9-14)18(23)20-15(10-11-26-4)19(24)25-3/h5-9,13,15,17H,10-12H2,1-4H3,(H,20,23)(H,21,22)/t15-,17-/m0/s1. The van der Waals surface area contributed by atoms with E-state index in [2.05, 4.69) is 10.6 Å². The summed E-state index contributed by atoms with van der Waals surface area (Å²) in [6.07, 6.45) is 2.60. The summed E-state index contributed by atoms with van der Waals surface area (Å²) in [5, 5.41) is 5.49. The SMILES string of the molecule is COC(=O)[C@H](CCSC)NC(=O)[C@@H](NC(=O)Cc1ccccc1)C(C)C. The van der Waals surface area contributed by atoms with Crippen LogP contribution in [0.4, 0.5) is 0 Å². The maximum atomic E-state index is 12.6. The summed E-state index contributed by atoms with van der Waals surface area (Å²) >= 11 is 1.58. The van der Waals surface area contributed by atoms with Crippen molar-refractivity contribution in [1.29, 1.82) is 0 Å². The van der Waals surface area contributed by atoms with E-state index < -0.39 is 18.1 Å². The Hall–Kier alpha value is -2.02. The number of nitrogens with one attached hydrogen (secondary N) is 2. The number of esters is 1. The molecule has 2 N–H and O–H groups in total. The number of carbonyl (C=O) groups excluding carboxylic acids is 3. The largest absolute Gasteiger partial charge is 0.467 e. The smallest absolute Gasteiger partial charge is 0.328 e. The van der Waals surface area contributed by atoms with Gasteiger partial charge in [-0.25, -0.2) is 4.79 Å². The zero-order valence-corrected chi connectivity index (χ0v) is 16.6. The summed E-state index contributed by atoms with van der Waals surface area (Å²) in [7, 11) is 1.29. The second-order valence-electron chi connectivity index (χ2n) is 6.32. The van der Waals surface area contributed by atoms with Crippen LogP contribution in [0.25, 0.3) is 0 Å². The minimum atomic E-state index is -0.716. The van der Waals surface area contributed by atoms with Crippen molar-refractivity contribution >= 4 is 29.5 Å². The summed E-state index contributed by atoms with van der Waals surface area (Å²) < 4.78 is 4.76. The highest BCUT2D eigenvalue weighted by Crippen LogP contribution is 2.07. The van der Waals surface area contributed by atoms with Crippen molar-refractivity contribution in [2.24, 2.45) is 5.92 Å². The molecule has 6 nitrogen and oxygen atoms in total. The van der Waals surface area contributed by atoms with Gasteiger partial charge in [0.15, 0.2) is 0 Å². The maximum Gasteiger partial charge on any atom is 0.328 e. The molecule has 2 amide bonds. The van der Waals surface area contributed by atoms with E-state index in [-0.39, 0.29) is 24.2 Å². The number of carbonyl (C=O) groups is 3. The fourth-order valence-electron chi connectivity index (χ4n) is 2.43. The lowest BCUT2D eigenvalue weighted by molar-refractivity contribution is -0.145. The fraction of sp³-hybridized carbons (Fsp3) is 0.526. The van der Waals surface area contributed by atoms with E-state index in [0.29, 0.717) is 12.2 Å². The number of methoxy groups -OCH3 is 1. The van der Waals surface area contributed by atoms with Crippen molar-refractivity contribution in [3.63, 3.8) is 0 Å². The molecule has 1 rings (SSSR count). The first-order chi connectivity index (χ1) is 12.4. The number of rotatable bonds is 10. The Labute approximate surface area is 159 Å². The molecule has 0 radical (unpaired) electrons. The lowest BCUT2D eigenvalue weighted by atomic mass is 10.0. The minimum Gasteiger partial charge on any atom is -0.467 e. The number of ether oxygens (including phenoxy) is 1. The lowest BCUT2D eigenvalue weighted by Crippen LogP contribution is -2.54. The first-order valence-corrected chi connectivity index (χ1v) is 9.98. The summed E-state index contributed by atoms with van der Waals surface area (Å²) in [6.45, 7) is 3.70. The van der Waals surface area contributed by atoms with E-state index in [1.165, 1.54) is 7.11 Å². The Kier molecular flexibility index (Phi) is 9.80. The Morgan fingerprint density at radius 2 is 1.77 bits per heavy atom. The molecule has 1 aromatic rings. The van der Waals surface area contributed by atoms with E-state index >= 15 is 0 Å². The van der Waals surface area contributed by atoms with Gasteiger partial charge in [-0.3, -0.25) is 9.59 Å². The Balaban J connectivity index is 2.72. The van der Waals surface area contributed by atoms with E-state index in [1.54, 1.807) is 11.8 Å². The average Bonchev–Trinajstić information content (AvgIpc) is 2.62. The van der Waals surface area contributed by atoms with Crippen LogP contribution in [-0.2, 0) is 25.5 Å². The minimum absolute atomic E-state index is 0.117. The summed E-state index contributed by atoms with van der Waals surface area (Å²) in [4.78, 5) is 36.8. The third kappa shape index (κ3) is 7.47. The van der Waals surface area contributed by atoms with Gasteiger partial charge in [-0.15, -0.1) is 0 Å². The highest BCUT2D eigenvalue weighted by molar-refractivity contribution is 7.98. The Morgan fingerprint density at radius 3 is 2.31 bits per heavy atom. The van der Waals surface area contributed by atoms with Gasteiger partial charge >= 0.3 is 5.97 Å². The van der Waals surface area contributed by atoms with Crippen LogP contribution in [0, 0.1) is 5.92 Å². The molecule has 26 heavy (non-hydrogen) atoms. The van der Waals surface area contributed by atoms with Crippen LogP contribution < -0.4 is 10.6 Å². The van der Waals surface area contributed by atoms with Gasteiger partial charge in [-0.05, 0) is 29.9 Å². The van der Waals surface area contributed by atoms with Crippen LogP contribution in [0.2, 0.25) is 0 Å². The monoisotopic (exact) mass is 380 g/mol. The molecule has 144 valence electrons. The molecule has 0 bridgehead atoms. The molecule has 0 unspecified atom stereocenters. The number of amides is 2. The van der Waals surface area contributed by atoms with Gasteiger partial charge in [-0.1, -0.05) is 44.2 Å². The second kappa shape index (κ2) is 11.6. The van der Waals surface area contributed by atoms with Gasteiger partial charge in [0.25, 0.3) is 0 Å². The van der Waals surface area contributed by atoms with Crippen molar-refractivity contribution in [1.82, 2.24) is 10.6 Å². The van der Waals surface area contributed by atoms with Crippen LogP contribution in [0.5, 0.6) is 0 Å². The molecule has 0 saturated carbocycles. The predicted octanol–water partition coefficient (Wildman–Crippen LogP) is 1.78. The lowest BCUT2D eigenvalue weighted by Gasteiger charge is -2.24. The van der Waals surface area contributed by atoms with Crippen molar-refractivity contribution < 1.29 is 19.1 Å². The van der Waals surface area contributed by atoms with E-state index in [1.807, 2.05) is 50.4 Å². The molecule has 7 heteroatoms. The highest BCUT2D eigenvalue weighted by atomic mass is 32.2. The maximum absolute atomic E-state index is 12.6. The normalized spacial score (nSPS) is 13.0. The van der Waals surface area contributed by atoms with Crippen LogP contribution in [0.15, 0.2) is 30.3 Å². The zero-order chi connectivity index (χ0) is 19.5. The Bertz CT molecular complexity index is 592.